The highest BCUT2D eigenvalue weighted by molar-refractivity contribution is 5.36. The third-order valence-corrected chi connectivity index (χ3v) is 3.66. The maximum absolute atomic E-state index is 6.08. The van der Waals surface area contributed by atoms with E-state index >= 15 is 0 Å². The minimum absolute atomic E-state index is 0.00360. The van der Waals surface area contributed by atoms with Crippen LogP contribution in [-0.4, -0.2) is 19.9 Å². The number of benzene rings is 2. The molecule has 0 spiro atoms. The average molecular weight is 285 g/mol. The van der Waals surface area contributed by atoms with Gasteiger partial charge in [0.2, 0.25) is 0 Å². The molecule has 2 aromatic rings. The summed E-state index contributed by atoms with van der Waals surface area (Å²) < 4.78 is 11.3. The Kier molecular flexibility index (Phi) is 5.37. The van der Waals surface area contributed by atoms with Crippen molar-refractivity contribution in [1.82, 2.24) is 0 Å². The molecule has 112 valence electrons. The molecule has 0 fully saturated rings. The molecule has 0 aliphatic carbocycles. The number of rotatable bonds is 6. The number of ether oxygens (including phenoxy) is 2. The van der Waals surface area contributed by atoms with Crippen LogP contribution < -0.4 is 10.5 Å². The van der Waals surface area contributed by atoms with E-state index in [1.165, 1.54) is 5.56 Å². The normalized spacial score (nSPS) is 13.7. The van der Waals surface area contributed by atoms with Crippen LogP contribution in [0.3, 0.4) is 0 Å². The molecule has 0 aliphatic rings. The third kappa shape index (κ3) is 4.06. The minimum Gasteiger partial charge on any atom is -0.493 e. The maximum atomic E-state index is 6.08. The quantitative estimate of drug-likeness (QED) is 0.827. The van der Waals surface area contributed by atoms with Crippen molar-refractivity contribution in [3.63, 3.8) is 0 Å². The SMILES string of the molecule is COC(N)C(COc1cc(C)ccc1C)c1ccccc1. The van der Waals surface area contributed by atoms with Gasteiger partial charge in [-0.05, 0) is 36.6 Å². The van der Waals surface area contributed by atoms with Crippen LogP contribution in [0.15, 0.2) is 48.5 Å². The maximum Gasteiger partial charge on any atom is 0.122 e. The zero-order chi connectivity index (χ0) is 15.2. The number of hydrogen-bond donors (Lipinski definition) is 1. The number of hydrogen-bond acceptors (Lipinski definition) is 3. The third-order valence-electron chi connectivity index (χ3n) is 3.66. The Morgan fingerprint density at radius 1 is 1.05 bits per heavy atom. The summed E-state index contributed by atoms with van der Waals surface area (Å²) in [6.07, 6.45) is -0.391. The fourth-order valence-electron chi connectivity index (χ4n) is 2.29. The first-order chi connectivity index (χ1) is 10.1. The minimum atomic E-state index is -0.391. The van der Waals surface area contributed by atoms with E-state index in [0.717, 1.165) is 16.9 Å². The van der Waals surface area contributed by atoms with Crippen molar-refractivity contribution in [1.29, 1.82) is 0 Å². The molecule has 0 saturated heterocycles. The number of nitrogens with two attached hydrogens (primary N) is 1. The molecule has 0 heterocycles. The standard InChI is InChI=1S/C18H23NO2/c1-13-9-10-14(2)17(11-13)21-12-16(18(19)20-3)15-7-5-4-6-8-15/h4-11,16,18H,12,19H2,1-3H3. The van der Waals surface area contributed by atoms with Gasteiger partial charge in [-0.2, -0.15) is 0 Å². The second-order valence-electron chi connectivity index (χ2n) is 5.30. The molecule has 21 heavy (non-hydrogen) atoms. The zero-order valence-electron chi connectivity index (χ0n) is 12.9. The van der Waals surface area contributed by atoms with E-state index in [4.69, 9.17) is 15.2 Å². The van der Waals surface area contributed by atoms with Gasteiger partial charge in [0.1, 0.15) is 12.0 Å². The summed E-state index contributed by atoms with van der Waals surface area (Å²) in [4.78, 5) is 0. The van der Waals surface area contributed by atoms with Crippen LogP contribution in [0.4, 0.5) is 0 Å². The number of aryl methyl sites for hydroxylation is 2. The monoisotopic (exact) mass is 285 g/mol. The predicted molar refractivity (Wildman–Crippen MR) is 85.6 cm³/mol. The van der Waals surface area contributed by atoms with Crippen molar-refractivity contribution >= 4 is 0 Å². The van der Waals surface area contributed by atoms with Crippen LogP contribution in [0.25, 0.3) is 0 Å². The van der Waals surface area contributed by atoms with E-state index in [2.05, 4.69) is 37.3 Å². The van der Waals surface area contributed by atoms with E-state index in [1.807, 2.05) is 25.1 Å². The highest BCUT2D eigenvalue weighted by Crippen LogP contribution is 2.24. The Labute approximate surface area is 126 Å². The Morgan fingerprint density at radius 3 is 2.43 bits per heavy atom. The van der Waals surface area contributed by atoms with E-state index in [1.54, 1.807) is 7.11 Å². The number of methoxy groups -OCH3 is 1. The second kappa shape index (κ2) is 7.25. The summed E-state index contributed by atoms with van der Waals surface area (Å²) >= 11 is 0. The molecule has 0 aliphatic heterocycles. The van der Waals surface area contributed by atoms with Crippen molar-refractivity contribution in [2.75, 3.05) is 13.7 Å². The Bertz CT molecular complexity index is 569. The lowest BCUT2D eigenvalue weighted by atomic mass is 9.98. The Balaban J connectivity index is 2.14. The lowest BCUT2D eigenvalue weighted by Gasteiger charge is -2.24. The Hall–Kier alpha value is -1.84. The van der Waals surface area contributed by atoms with Gasteiger partial charge in [-0.1, -0.05) is 42.5 Å². The molecule has 2 unspecified atom stereocenters. The highest BCUT2D eigenvalue weighted by atomic mass is 16.5. The average Bonchev–Trinajstić information content (AvgIpc) is 2.51. The largest absolute Gasteiger partial charge is 0.493 e. The summed E-state index contributed by atoms with van der Waals surface area (Å²) in [5, 5.41) is 0. The highest BCUT2D eigenvalue weighted by Gasteiger charge is 2.20. The van der Waals surface area contributed by atoms with Crippen molar-refractivity contribution in [2.24, 2.45) is 5.73 Å². The van der Waals surface area contributed by atoms with E-state index < -0.39 is 6.23 Å². The lowest BCUT2D eigenvalue weighted by Crippen LogP contribution is -2.34. The van der Waals surface area contributed by atoms with Crippen molar-refractivity contribution < 1.29 is 9.47 Å². The predicted octanol–water partition coefficient (Wildman–Crippen LogP) is 3.40. The lowest BCUT2D eigenvalue weighted by molar-refractivity contribution is 0.0662. The zero-order valence-corrected chi connectivity index (χ0v) is 12.9. The van der Waals surface area contributed by atoms with Crippen molar-refractivity contribution in [3.05, 3.63) is 65.2 Å². The van der Waals surface area contributed by atoms with Crippen LogP contribution >= 0.6 is 0 Å². The molecule has 0 bridgehead atoms. The molecular formula is C18H23NO2. The summed E-state index contributed by atoms with van der Waals surface area (Å²) in [5.41, 5.74) is 9.51. The van der Waals surface area contributed by atoms with E-state index in [9.17, 15) is 0 Å². The van der Waals surface area contributed by atoms with Crippen molar-refractivity contribution in [3.8, 4) is 5.75 Å². The van der Waals surface area contributed by atoms with Gasteiger partial charge < -0.3 is 15.2 Å². The molecule has 3 heteroatoms. The molecule has 0 radical (unpaired) electrons. The van der Waals surface area contributed by atoms with Gasteiger partial charge in [0.05, 0.1) is 12.5 Å². The van der Waals surface area contributed by atoms with Crippen LogP contribution in [-0.2, 0) is 4.74 Å². The molecule has 3 nitrogen and oxygen atoms in total. The van der Waals surface area contributed by atoms with Crippen LogP contribution in [0.2, 0.25) is 0 Å². The van der Waals surface area contributed by atoms with Gasteiger partial charge >= 0.3 is 0 Å². The van der Waals surface area contributed by atoms with Gasteiger partial charge in [-0.15, -0.1) is 0 Å². The second-order valence-corrected chi connectivity index (χ2v) is 5.30. The van der Waals surface area contributed by atoms with Crippen molar-refractivity contribution in [2.45, 2.75) is 26.0 Å². The molecule has 2 aromatic carbocycles. The van der Waals surface area contributed by atoms with E-state index in [-0.39, 0.29) is 5.92 Å². The van der Waals surface area contributed by atoms with Gasteiger partial charge in [-0.3, -0.25) is 0 Å². The molecule has 0 aromatic heterocycles. The summed E-state index contributed by atoms with van der Waals surface area (Å²) in [6, 6.07) is 16.3. The summed E-state index contributed by atoms with van der Waals surface area (Å²) in [5.74, 6) is 0.898. The first kappa shape index (κ1) is 15.5. The molecular weight excluding hydrogens is 262 g/mol. The van der Waals surface area contributed by atoms with Crippen LogP contribution in [0.5, 0.6) is 5.75 Å². The molecule has 2 N–H and O–H groups in total. The van der Waals surface area contributed by atoms with Gasteiger partial charge in [0.15, 0.2) is 0 Å². The van der Waals surface area contributed by atoms with Crippen LogP contribution in [0, 0.1) is 13.8 Å². The summed E-state index contributed by atoms with van der Waals surface area (Å²) in [7, 11) is 1.62. The topological polar surface area (TPSA) is 44.5 Å². The molecule has 0 saturated carbocycles. The first-order valence-electron chi connectivity index (χ1n) is 7.15. The van der Waals surface area contributed by atoms with Gasteiger partial charge in [0.25, 0.3) is 0 Å². The van der Waals surface area contributed by atoms with Gasteiger partial charge in [0, 0.05) is 7.11 Å². The molecule has 2 rings (SSSR count). The summed E-state index contributed by atoms with van der Waals surface area (Å²) in [6.45, 7) is 4.59. The fraction of sp³-hybridized carbons (Fsp3) is 0.333. The van der Waals surface area contributed by atoms with Gasteiger partial charge in [-0.25, -0.2) is 0 Å². The fourth-order valence-corrected chi connectivity index (χ4v) is 2.29. The van der Waals surface area contributed by atoms with E-state index in [0.29, 0.717) is 6.61 Å². The first-order valence-corrected chi connectivity index (χ1v) is 7.15. The Morgan fingerprint density at radius 2 is 1.76 bits per heavy atom. The smallest absolute Gasteiger partial charge is 0.122 e. The molecule has 2 atom stereocenters. The molecule has 0 amide bonds. The van der Waals surface area contributed by atoms with Crippen LogP contribution in [0.1, 0.15) is 22.6 Å².